The first-order valence-corrected chi connectivity index (χ1v) is 8.04. The standard InChI is InChI=1S/C16H15F3N2O2S/c1-10-2-4-11(5-3-10)24-9-8-20-14(22)12-6-7-13(16(17,18)19)21-15(12)23/h2-7H,8-9H2,1H3,(H,20,22)(H,21,23). The number of alkyl halides is 3. The Balaban J connectivity index is 1.88. The SMILES string of the molecule is Cc1ccc(SCCNC(=O)c2ccc(C(F)(F)F)[nH]c2=O)cc1. The molecular formula is C16H15F3N2O2S. The fourth-order valence-corrected chi connectivity index (χ4v) is 2.65. The molecule has 4 nitrogen and oxygen atoms in total. The van der Waals surface area contributed by atoms with Crippen LogP contribution in [0.15, 0.2) is 46.1 Å². The smallest absolute Gasteiger partial charge is 0.351 e. The zero-order chi connectivity index (χ0) is 17.7. The van der Waals surface area contributed by atoms with Crippen molar-refractivity contribution in [3.05, 3.63) is 63.6 Å². The van der Waals surface area contributed by atoms with Gasteiger partial charge in [-0.15, -0.1) is 11.8 Å². The number of H-pyrrole nitrogens is 1. The molecule has 0 aliphatic rings. The number of halogens is 3. The number of hydrogen-bond acceptors (Lipinski definition) is 3. The van der Waals surface area contributed by atoms with E-state index in [1.165, 1.54) is 11.8 Å². The molecule has 1 aromatic carbocycles. The molecule has 2 rings (SSSR count). The van der Waals surface area contributed by atoms with Crippen LogP contribution >= 0.6 is 11.8 Å². The van der Waals surface area contributed by atoms with E-state index in [1.54, 1.807) is 4.98 Å². The number of aromatic amines is 1. The second kappa shape index (κ2) is 7.57. The van der Waals surface area contributed by atoms with Crippen LogP contribution in [-0.2, 0) is 6.18 Å². The molecule has 1 heterocycles. The van der Waals surface area contributed by atoms with E-state index in [9.17, 15) is 22.8 Å². The van der Waals surface area contributed by atoms with Crippen LogP contribution in [0, 0.1) is 6.92 Å². The molecule has 0 bridgehead atoms. The van der Waals surface area contributed by atoms with E-state index in [0.717, 1.165) is 16.5 Å². The van der Waals surface area contributed by atoms with Crippen LogP contribution in [0.1, 0.15) is 21.6 Å². The Morgan fingerprint density at radius 3 is 2.42 bits per heavy atom. The summed E-state index contributed by atoms with van der Waals surface area (Å²) in [5.41, 5.74) is -1.44. The molecule has 0 aliphatic heterocycles. The fraction of sp³-hybridized carbons (Fsp3) is 0.250. The maximum atomic E-state index is 12.5. The Hall–Kier alpha value is -2.22. The molecule has 0 saturated heterocycles. The number of carbonyl (C=O) groups is 1. The lowest BCUT2D eigenvalue weighted by Crippen LogP contribution is -2.32. The first-order chi connectivity index (χ1) is 11.3. The Kier molecular flexibility index (Phi) is 5.71. The minimum absolute atomic E-state index is 0.290. The quantitative estimate of drug-likeness (QED) is 0.639. The monoisotopic (exact) mass is 356 g/mol. The predicted molar refractivity (Wildman–Crippen MR) is 86.3 cm³/mol. The molecule has 0 spiro atoms. The maximum absolute atomic E-state index is 12.5. The number of aryl methyl sites for hydroxylation is 1. The van der Waals surface area contributed by atoms with Crippen LogP contribution in [0.4, 0.5) is 13.2 Å². The van der Waals surface area contributed by atoms with Gasteiger partial charge in [-0.05, 0) is 31.2 Å². The van der Waals surface area contributed by atoms with Crippen molar-refractivity contribution < 1.29 is 18.0 Å². The van der Waals surface area contributed by atoms with Gasteiger partial charge in [-0.3, -0.25) is 9.59 Å². The van der Waals surface area contributed by atoms with Gasteiger partial charge >= 0.3 is 6.18 Å². The van der Waals surface area contributed by atoms with Gasteiger partial charge in [-0.2, -0.15) is 13.2 Å². The molecule has 2 N–H and O–H groups in total. The second-order valence-corrected chi connectivity index (χ2v) is 6.20. The van der Waals surface area contributed by atoms with Gasteiger partial charge < -0.3 is 10.3 Å². The van der Waals surface area contributed by atoms with E-state index >= 15 is 0 Å². The summed E-state index contributed by atoms with van der Waals surface area (Å²) in [7, 11) is 0. The van der Waals surface area contributed by atoms with Gasteiger partial charge in [0, 0.05) is 17.2 Å². The number of thioether (sulfide) groups is 1. The summed E-state index contributed by atoms with van der Waals surface area (Å²) < 4.78 is 37.4. The predicted octanol–water partition coefficient (Wildman–Crippen LogP) is 3.22. The number of rotatable bonds is 5. The highest BCUT2D eigenvalue weighted by Crippen LogP contribution is 2.26. The number of benzene rings is 1. The van der Waals surface area contributed by atoms with Gasteiger partial charge in [0.2, 0.25) is 0 Å². The lowest BCUT2D eigenvalue weighted by molar-refractivity contribution is -0.141. The second-order valence-electron chi connectivity index (χ2n) is 5.03. The Morgan fingerprint density at radius 1 is 1.17 bits per heavy atom. The van der Waals surface area contributed by atoms with Crippen molar-refractivity contribution in [1.82, 2.24) is 10.3 Å². The molecule has 0 unspecified atom stereocenters. The third-order valence-corrected chi connectivity index (χ3v) is 4.15. The zero-order valence-corrected chi connectivity index (χ0v) is 13.6. The average Bonchev–Trinajstić information content (AvgIpc) is 2.52. The minimum Gasteiger partial charge on any atom is -0.351 e. The van der Waals surface area contributed by atoms with E-state index in [-0.39, 0.29) is 12.1 Å². The van der Waals surface area contributed by atoms with Crippen LogP contribution in [0.25, 0.3) is 0 Å². The van der Waals surface area contributed by atoms with Crippen molar-refractivity contribution in [2.75, 3.05) is 12.3 Å². The number of pyridine rings is 1. The highest BCUT2D eigenvalue weighted by atomic mass is 32.2. The van der Waals surface area contributed by atoms with E-state index < -0.39 is 23.3 Å². The van der Waals surface area contributed by atoms with Gasteiger partial charge in [0.25, 0.3) is 11.5 Å². The fourth-order valence-electron chi connectivity index (χ4n) is 1.88. The van der Waals surface area contributed by atoms with Crippen molar-refractivity contribution in [1.29, 1.82) is 0 Å². The summed E-state index contributed by atoms with van der Waals surface area (Å²) in [5.74, 6) is -0.123. The van der Waals surface area contributed by atoms with Crippen molar-refractivity contribution in [2.45, 2.75) is 18.0 Å². The average molecular weight is 356 g/mol. The Bertz CT molecular complexity index is 770. The molecule has 24 heavy (non-hydrogen) atoms. The molecule has 128 valence electrons. The van der Waals surface area contributed by atoms with Crippen LogP contribution in [-0.4, -0.2) is 23.2 Å². The number of amides is 1. The van der Waals surface area contributed by atoms with Gasteiger partial charge in [-0.1, -0.05) is 17.7 Å². The molecule has 1 amide bonds. The van der Waals surface area contributed by atoms with Gasteiger partial charge in [0.1, 0.15) is 11.3 Å². The van der Waals surface area contributed by atoms with E-state index in [0.29, 0.717) is 11.8 Å². The molecule has 8 heteroatoms. The molecule has 0 fully saturated rings. The lowest BCUT2D eigenvalue weighted by Gasteiger charge is -2.08. The normalized spacial score (nSPS) is 11.3. The van der Waals surface area contributed by atoms with E-state index in [4.69, 9.17) is 0 Å². The highest BCUT2D eigenvalue weighted by molar-refractivity contribution is 7.99. The third kappa shape index (κ3) is 4.89. The van der Waals surface area contributed by atoms with Crippen molar-refractivity contribution in [2.24, 2.45) is 0 Å². The number of aromatic nitrogens is 1. The molecule has 0 atom stereocenters. The van der Waals surface area contributed by atoms with Crippen LogP contribution < -0.4 is 10.9 Å². The Labute approximate surface area is 140 Å². The van der Waals surface area contributed by atoms with Gasteiger partial charge in [0.15, 0.2) is 0 Å². The summed E-state index contributed by atoms with van der Waals surface area (Å²) in [6.07, 6.45) is -4.65. The summed E-state index contributed by atoms with van der Waals surface area (Å²) in [4.78, 5) is 26.2. The first-order valence-electron chi connectivity index (χ1n) is 7.05. The number of carbonyl (C=O) groups excluding carboxylic acids is 1. The van der Waals surface area contributed by atoms with Crippen molar-refractivity contribution in [3.63, 3.8) is 0 Å². The molecule has 2 aromatic rings. The number of hydrogen-bond donors (Lipinski definition) is 2. The highest BCUT2D eigenvalue weighted by Gasteiger charge is 2.32. The maximum Gasteiger partial charge on any atom is 0.431 e. The van der Waals surface area contributed by atoms with Gasteiger partial charge in [0.05, 0.1) is 0 Å². The van der Waals surface area contributed by atoms with Gasteiger partial charge in [-0.25, -0.2) is 0 Å². The summed E-state index contributed by atoms with van der Waals surface area (Å²) >= 11 is 1.53. The minimum atomic E-state index is -4.65. The van der Waals surface area contributed by atoms with Crippen LogP contribution in [0.3, 0.4) is 0 Å². The zero-order valence-electron chi connectivity index (χ0n) is 12.7. The molecule has 0 aliphatic carbocycles. The molecule has 1 aromatic heterocycles. The summed E-state index contributed by atoms with van der Waals surface area (Å²) in [6, 6.07) is 9.43. The first kappa shape index (κ1) is 18.1. The topological polar surface area (TPSA) is 62.0 Å². The number of nitrogens with one attached hydrogen (secondary N) is 2. The summed E-state index contributed by atoms with van der Waals surface area (Å²) in [5, 5.41) is 2.52. The largest absolute Gasteiger partial charge is 0.431 e. The van der Waals surface area contributed by atoms with Crippen molar-refractivity contribution >= 4 is 17.7 Å². The third-order valence-electron chi connectivity index (χ3n) is 3.14. The molecule has 0 saturated carbocycles. The van der Waals surface area contributed by atoms with Crippen LogP contribution in [0.5, 0.6) is 0 Å². The van der Waals surface area contributed by atoms with Crippen LogP contribution in [0.2, 0.25) is 0 Å². The van der Waals surface area contributed by atoms with E-state index in [2.05, 4.69) is 5.32 Å². The Morgan fingerprint density at radius 2 is 1.83 bits per heavy atom. The van der Waals surface area contributed by atoms with Crippen molar-refractivity contribution in [3.8, 4) is 0 Å². The molecule has 0 radical (unpaired) electrons. The lowest BCUT2D eigenvalue weighted by atomic mass is 10.2. The van der Waals surface area contributed by atoms with E-state index in [1.807, 2.05) is 31.2 Å². The molecular weight excluding hydrogens is 341 g/mol. The summed E-state index contributed by atoms with van der Waals surface area (Å²) in [6.45, 7) is 2.27.